The van der Waals surface area contributed by atoms with Gasteiger partial charge in [-0.1, -0.05) is 95.9 Å². The van der Waals surface area contributed by atoms with E-state index < -0.39 is 0 Å². The molecular formula is C36H51BrO2. The van der Waals surface area contributed by atoms with Crippen LogP contribution >= 0.6 is 15.9 Å². The van der Waals surface area contributed by atoms with Gasteiger partial charge in [0.05, 0.1) is 0 Å². The fourth-order valence-corrected chi connectivity index (χ4v) is 10.1. The van der Waals surface area contributed by atoms with Gasteiger partial charge >= 0.3 is 5.97 Å². The standard InChI is InChI=1S/C36H51BrO2/c1-24(2)10-9-11-25(3)30-16-17-31-29-15-14-27-23-28(18-20-35(27,4)32(29)19-21-36(30,31)5)39-34(38)33(37)22-26-12-7-6-8-13-26/h6-8,12-14,22,24-25,28-32H,9-11,15-21,23H2,1-5H3/b33-22+/t25-,28-,29+,30-,31+,32+,35-,36+/m0/s1. The summed E-state index contributed by atoms with van der Waals surface area (Å²) in [6, 6.07) is 9.95. The highest BCUT2D eigenvalue weighted by Crippen LogP contribution is 2.67. The zero-order valence-corrected chi connectivity index (χ0v) is 26.6. The van der Waals surface area contributed by atoms with E-state index in [-0.39, 0.29) is 17.5 Å². The maximum Gasteiger partial charge on any atom is 0.345 e. The predicted octanol–water partition coefficient (Wildman–Crippen LogP) is 10.4. The molecule has 0 spiro atoms. The number of benzene rings is 1. The minimum Gasteiger partial charge on any atom is -0.458 e. The third-order valence-corrected chi connectivity index (χ3v) is 12.4. The van der Waals surface area contributed by atoms with Crippen molar-refractivity contribution in [3.8, 4) is 0 Å². The summed E-state index contributed by atoms with van der Waals surface area (Å²) < 4.78 is 6.53. The molecule has 0 aromatic heterocycles. The SMILES string of the molecule is CC(C)CCC[C@H](C)[C@@H]1CC[C@@H]2[C@H]3CC=C4C[C@@H](OC(=O)/C(Br)=C\c5ccccc5)CC[C@]4(C)[C@@H]3CC[C@@]21C. The molecule has 4 aliphatic rings. The molecule has 0 aliphatic heterocycles. The van der Waals surface area contributed by atoms with Crippen LogP contribution in [0.4, 0.5) is 0 Å². The van der Waals surface area contributed by atoms with Crippen molar-refractivity contribution < 1.29 is 9.53 Å². The lowest BCUT2D eigenvalue weighted by molar-refractivity contribution is -0.145. The molecule has 8 atom stereocenters. The summed E-state index contributed by atoms with van der Waals surface area (Å²) in [6.07, 6.45) is 18.6. The molecule has 3 heteroatoms. The van der Waals surface area contributed by atoms with Crippen molar-refractivity contribution in [3.63, 3.8) is 0 Å². The summed E-state index contributed by atoms with van der Waals surface area (Å²) in [5, 5.41) is 0. The molecule has 3 fully saturated rings. The number of halogens is 1. The molecule has 0 N–H and O–H groups in total. The summed E-state index contributed by atoms with van der Waals surface area (Å²) in [5.74, 6) is 4.88. The highest BCUT2D eigenvalue weighted by atomic mass is 79.9. The maximum atomic E-state index is 12.9. The van der Waals surface area contributed by atoms with Crippen molar-refractivity contribution >= 4 is 28.0 Å². The first-order chi connectivity index (χ1) is 18.6. The van der Waals surface area contributed by atoms with E-state index in [1.165, 1.54) is 51.4 Å². The number of fused-ring (bicyclic) bond motifs is 5. The molecule has 0 heterocycles. The number of esters is 1. The van der Waals surface area contributed by atoms with Crippen LogP contribution in [0.1, 0.15) is 111 Å². The Kier molecular flexibility index (Phi) is 8.87. The third kappa shape index (κ3) is 5.86. The molecule has 0 bridgehead atoms. The van der Waals surface area contributed by atoms with E-state index in [2.05, 4.69) is 56.6 Å². The quantitative estimate of drug-likeness (QED) is 0.170. The second kappa shape index (κ2) is 11.9. The zero-order valence-electron chi connectivity index (χ0n) is 25.1. The minimum absolute atomic E-state index is 0.0125. The van der Waals surface area contributed by atoms with E-state index >= 15 is 0 Å². The topological polar surface area (TPSA) is 26.3 Å². The van der Waals surface area contributed by atoms with Gasteiger partial charge in [-0.15, -0.1) is 0 Å². The molecule has 2 nitrogen and oxygen atoms in total. The van der Waals surface area contributed by atoms with Crippen LogP contribution in [0.2, 0.25) is 0 Å². The van der Waals surface area contributed by atoms with Crippen LogP contribution in [0.15, 0.2) is 46.5 Å². The van der Waals surface area contributed by atoms with Gasteiger partial charge in [0, 0.05) is 6.42 Å². The lowest BCUT2D eigenvalue weighted by atomic mass is 9.47. The monoisotopic (exact) mass is 594 g/mol. The zero-order chi connectivity index (χ0) is 27.8. The van der Waals surface area contributed by atoms with Crippen molar-refractivity contribution in [2.24, 2.45) is 46.3 Å². The van der Waals surface area contributed by atoms with Crippen LogP contribution < -0.4 is 0 Å². The fourth-order valence-electron chi connectivity index (χ4n) is 9.71. The smallest absolute Gasteiger partial charge is 0.345 e. The number of allylic oxidation sites excluding steroid dienone is 1. The lowest BCUT2D eigenvalue weighted by Gasteiger charge is -2.58. The maximum absolute atomic E-state index is 12.9. The average molecular weight is 596 g/mol. The van der Waals surface area contributed by atoms with Crippen LogP contribution in [-0.2, 0) is 9.53 Å². The molecule has 3 saturated carbocycles. The Bertz CT molecular complexity index is 1070. The Morgan fingerprint density at radius 3 is 2.54 bits per heavy atom. The number of hydrogen-bond acceptors (Lipinski definition) is 2. The van der Waals surface area contributed by atoms with Crippen LogP contribution in [0, 0.1) is 46.3 Å². The first-order valence-electron chi connectivity index (χ1n) is 15.9. The molecule has 39 heavy (non-hydrogen) atoms. The molecule has 1 aromatic rings. The van der Waals surface area contributed by atoms with Crippen molar-refractivity contribution in [3.05, 3.63) is 52.0 Å². The first kappa shape index (κ1) is 29.2. The molecule has 4 aliphatic carbocycles. The van der Waals surface area contributed by atoms with E-state index in [4.69, 9.17) is 4.74 Å². The summed E-state index contributed by atoms with van der Waals surface area (Å²) in [6.45, 7) is 12.5. The van der Waals surface area contributed by atoms with Gasteiger partial charge < -0.3 is 4.74 Å². The van der Waals surface area contributed by atoms with Gasteiger partial charge in [0.15, 0.2) is 0 Å². The van der Waals surface area contributed by atoms with Crippen molar-refractivity contribution in [1.29, 1.82) is 0 Å². The number of ether oxygens (including phenoxy) is 1. The van der Waals surface area contributed by atoms with Gasteiger partial charge in [0.2, 0.25) is 0 Å². The molecule has 0 radical (unpaired) electrons. The van der Waals surface area contributed by atoms with E-state index in [0.29, 0.717) is 9.90 Å². The molecule has 5 rings (SSSR count). The number of hydrogen-bond donors (Lipinski definition) is 0. The molecule has 1 aromatic carbocycles. The van der Waals surface area contributed by atoms with Gasteiger partial charge in [-0.2, -0.15) is 0 Å². The molecular weight excluding hydrogens is 544 g/mol. The molecule has 214 valence electrons. The van der Waals surface area contributed by atoms with Crippen molar-refractivity contribution in [2.45, 2.75) is 111 Å². The van der Waals surface area contributed by atoms with Gasteiger partial charge in [0.1, 0.15) is 10.6 Å². The summed E-state index contributed by atoms with van der Waals surface area (Å²) in [7, 11) is 0. The van der Waals surface area contributed by atoms with E-state index in [1.807, 2.05) is 36.4 Å². The molecule has 0 amide bonds. The fraction of sp³-hybridized carbons (Fsp3) is 0.694. The summed E-state index contributed by atoms with van der Waals surface area (Å²) in [4.78, 5) is 12.9. The van der Waals surface area contributed by atoms with Crippen LogP contribution in [0.5, 0.6) is 0 Å². The molecule has 0 saturated heterocycles. The normalized spacial score (nSPS) is 36.9. The Morgan fingerprint density at radius 1 is 1.03 bits per heavy atom. The van der Waals surface area contributed by atoms with Gasteiger partial charge in [-0.05, 0) is 119 Å². The van der Waals surface area contributed by atoms with E-state index in [1.54, 1.807) is 5.57 Å². The van der Waals surface area contributed by atoms with Crippen LogP contribution in [0.3, 0.4) is 0 Å². The predicted molar refractivity (Wildman–Crippen MR) is 166 cm³/mol. The Hall–Kier alpha value is -1.35. The second-order valence-corrected chi connectivity index (χ2v) is 15.3. The second-order valence-electron chi connectivity index (χ2n) is 14.5. The Morgan fingerprint density at radius 2 is 1.79 bits per heavy atom. The average Bonchev–Trinajstić information content (AvgIpc) is 3.26. The summed E-state index contributed by atoms with van der Waals surface area (Å²) in [5.41, 5.74) is 3.40. The number of carbonyl (C=O) groups excluding carboxylic acids is 1. The number of carbonyl (C=O) groups is 1. The van der Waals surface area contributed by atoms with Gasteiger partial charge in [-0.25, -0.2) is 4.79 Å². The highest BCUT2D eigenvalue weighted by Gasteiger charge is 2.59. The van der Waals surface area contributed by atoms with Gasteiger partial charge in [-0.3, -0.25) is 0 Å². The summed E-state index contributed by atoms with van der Waals surface area (Å²) >= 11 is 3.47. The largest absolute Gasteiger partial charge is 0.458 e. The highest BCUT2D eigenvalue weighted by molar-refractivity contribution is 9.12. The minimum atomic E-state index is -0.241. The Labute approximate surface area is 246 Å². The van der Waals surface area contributed by atoms with E-state index in [9.17, 15) is 4.79 Å². The van der Waals surface area contributed by atoms with Gasteiger partial charge in [0.25, 0.3) is 0 Å². The van der Waals surface area contributed by atoms with E-state index in [0.717, 1.165) is 60.3 Å². The Balaban J connectivity index is 1.23. The van der Waals surface area contributed by atoms with Crippen LogP contribution in [0.25, 0.3) is 6.08 Å². The van der Waals surface area contributed by atoms with Crippen molar-refractivity contribution in [2.75, 3.05) is 0 Å². The number of rotatable bonds is 8. The third-order valence-electron chi connectivity index (χ3n) is 11.8. The van der Waals surface area contributed by atoms with Crippen LogP contribution in [-0.4, -0.2) is 12.1 Å². The van der Waals surface area contributed by atoms with Crippen molar-refractivity contribution in [1.82, 2.24) is 0 Å². The molecule has 0 unspecified atom stereocenters. The first-order valence-corrected chi connectivity index (χ1v) is 16.7. The lowest BCUT2D eigenvalue weighted by Crippen LogP contribution is -2.51.